The lowest BCUT2D eigenvalue weighted by Gasteiger charge is -2.25. The zero-order chi connectivity index (χ0) is 24.7. The molecule has 0 aromatic heterocycles. The molecule has 0 fully saturated rings. The van der Waals surface area contributed by atoms with Gasteiger partial charge in [0, 0.05) is 12.2 Å². The van der Waals surface area contributed by atoms with Gasteiger partial charge in [-0.2, -0.15) is 36.2 Å². The van der Waals surface area contributed by atoms with Crippen LogP contribution in [-0.2, 0) is 24.0 Å². The van der Waals surface area contributed by atoms with Crippen LogP contribution in [-0.4, -0.2) is 93.8 Å². The Morgan fingerprint density at radius 3 is 1.69 bits per heavy atom. The second kappa shape index (κ2) is 16.9. The number of thiol groups is 1. The number of amides is 3. The van der Waals surface area contributed by atoms with Gasteiger partial charge in [-0.15, -0.1) is 0 Å². The van der Waals surface area contributed by atoms with Crippen LogP contribution in [0.2, 0.25) is 0 Å². The molecule has 0 aliphatic heterocycles. The topological polar surface area (TPSA) is 188 Å². The fraction of sp³-hybridized carbons (Fsp3) is 0.722. The molecule has 0 saturated heterocycles. The molecule has 11 nitrogen and oxygen atoms in total. The lowest BCUT2D eigenvalue weighted by atomic mass is 10.1. The molecule has 0 aromatic carbocycles. The van der Waals surface area contributed by atoms with Crippen LogP contribution in [0.4, 0.5) is 0 Å². The molecular weight excluding hydrogens is 480 g/mol. The first kappa shape index (κ1) is 30.4. The molecule has 4 atom stereocenters. The Morgan fingerprint density at radius 2 is 1.25 bits per heavy atom. The molecule has 0 spiro atoms. The van der Waals surface area contributed by atoms with Crippen molar-refractivity contribution >= 4 is 65.8 Å². The average molecular weight is 513 g/mol. The van der Waals surface area contributed by atoms with E-state index >= 15 is 0 Å². The molecule has 0 heterocycles. The van der Waals surface area contributed by atoms with Gasteiger partial charge in [0.2, 0.25) is 17.7 Å². The zero-order valence-electron chi connectivity index (χ0n) is 18.0. The van der Waals surface area contributed by atoms with Gasteiger partial charge < -0.3 is 31.9 Å². The van der Waals surface area contributed by atoms with E-state index < -0.39 is 60.2 Å². The van der Waals surface area contributed by atoms with Crippen molar-refractivity contribution in [1.29, 1.82) is 0 Å². The van der Waals surface area contributed by atoms with Crippen molar-refractivity contribution in [1.82, 2.24) is 16.0 Å². The number of hydrogen-bond donors (Lipinski definition) is 7. The summed E-state index contributed by atoms with van der Waals surface area (Å²) in [4.78, 5) is 60.0. The van der Waals surface area contributed by atoms with Gasteiger partial charge in [-0.3, -0.25) is 19.2 Å². The highest BCUT2D eigenvalue weighted by atomic mass is 32.2. The normalized spacial score (nSPS) is 14.5. The second-order valence-corrected chi connectivity index (χ2v) is 9.14. The third-order valence-electron chi connectivity index (χ3n) is 4.28. The highest BCUT2D eigenvalue weighted by Crippen LogP contribution is 2.07. The summed E-state index contributed by atoms with van der Waals surface area (Å²) >= 11 is 6.79. The van der Waals surface area contributed by atoms with Gasteiger partial charge >= 0.3 is 11.9 Å². The highest BCUT2D eigenvalue weighted by molar-refractivity contribution is 7.98. The minimum atomic E-state index is -1.24. The van der Waals surface area contributed by atoms with Crippen molar-refractivity contribution in [2.24, 2.45) is 5.73 Å². The van der Waals surface area contributed by atoms with Gasteiger partial charge in [0.25, 0.3) is 0 Å². The van der Waals surface area contributed by atoms with Gasteiger partial charge in [0.05, 0.1) is 6.04 Å². The Morgan fingerprint density at radius 1 is 0.812 bits per heavy atom. The predicted octanol–water partition coefficient (Wildman–Crippen LogP) is -0.846. The van der Waals surface area contributed by atoms with Crippen LogP contribution in [0, 0.1) is 0 Å². The van der Waals surface area contributed by atoms with Crippen LogP contribution < -0.4 is 21.7 Å². The van der Waals surface area contributed by atoms with Gasteiger partial charge in [0.15, 0.2) is 0 Å². The van der Waals surface area contributed by atoms with Crippen molar-refractivity contribution < 1.29 is 34.2 Å². The molecule has 0 aliphatic rings. The summed E-state index contributed by atoms with van der Waals surface area (Å²) in [5, 5.41) is 25.6. The number of carbonyl (C=O) groups excluding carboxylic acids is 3. The monoisotopic (exact) mass is 512 g/mol. The Hall–Kier alpha value is -1.64. The minimum Gasteiger partial charge on any atom is -0.481 e. The summed E-state index contributed by atoms with van der Waals surface area (Å²) < 4.78 is 0. The number of aliphatic carboxylic acids is 2. The van der Waals surface area contributed by atoms with E-state index in [1.165, 1.54) is 23.5 Å². The molecular formula is C18H32N4O7S3. The molecule has 32 heavy (non-hydrogen) atoms. The molecule has 0 bridgehead atoms. The summed E-state index contributed by atoms with van der Waals surface area (Å²) in [7, 11) is 0. The molecule has 4 unspecified atom stereocenters. The maximum absolute atomic E-state index is 12.8. The van der Waals surface area contributed by atoms with Crippen LogP contribution in [0.1, 0.15) is 25.7 Å². The Balaban J connectivity index is 5.41. The maximum atomic E-state index is 12.8. The number of carboxylic acids is 2. The first-order valence-corrected chi connectivity index (χ1v) is 13.2. The van der Waals surface area contributed by atoms with E-state index in [2.05, 4.69) is 28.6 Å². The first-order chi connectivity index (χ1) is 15.1. The summed E-state index contributed by atoms with van der Waals surface area (Å²) in [6, 6.07) is -4.41. The lowest BCUT2D eigenvalue weighted by molar-refractivity contribution is -0.142. The summed E-state index contributed by atoms with van der Waals surface area (Å²) in [5.74, 6) is -3.42. The molecule has 0 rings (SSSR count). The number of carbonyl (C=O) groups is 5. The van der Waals surface area contributed by atoms with Crippen LogP contribution in [0.15, 0.2) is 0 Å². The van der Waals surface area contributed by atoms with E-state index in [0.717, 1.165) is 0 Å². The molecule has 0 saturated carbocycles. The van der Waals surface area contributed by atoms with Gasteiger partial charge in [-0.25, -0.2) is 4.79 Å². The third kappa shape index (κ3) is 12.4. The van der Waals surface area contributed by atoms with Crippen molar-refractivity contribution in [3.8, 4) is 0 Å². The van der Waals surface area contributed by atoms with E-state index in [1.54, 1.807) is 0 Å². The Labute approximate surface area is 201 Å². The molecule has 0 aromatic rings. The van der Waals surface area contributed by atoms with Crippen LogP contribution in [0.3, 0.4) is 0 Å². The number of hydrogen-bond acceptors (Lipinski definition) is 9. The molecule has 0 radical (unpaired) electrons. The zero-order valence-corrected chi connectivity index (χ0v) is 20.6. The Bertz CT molecular complexity index is 654. The standard InChI is InChI=1S/C18H32N4O7S3/c1-31-7-5-12(17(27)22-13(18(28)29)6-8-32-2)21-16(26)11(3-4-14(23)24)20-15(25)10(19)9-30/h10-13,30H,3-9,19H2,1-2H3,(H,20,25)(H,21,26)(H,22,27)(H,23,24)(H,28,29). The fourth-order valence-corrected chi connectivity index (χ4v) is 3.55. The van der Waals surface area contributed by atoms with Gasteiger partial charge in [-0.1, -0.05) is 0 Å². The van der Waals surface area contributed by atoms with Crippen LogP contribution in [0.25, 0.3) is 0 Å². The largest absolute Gasteiger partial charge is 0.481 e. The number of carboxylic acid groups (broad SMARTS) is 2. The fourth-order valence-electron chi connectivity index (χ4n) is 2.44. The number of nitrogens with two attached hydrogens (primary N) is 1. The summed E-state index contributed by atoms with van der Waals surface area (Å²) in [5.41, 5.74) is 5.60. The van der Waals surface area contributed by atoms with E-state index in [-0.39, 0.29) is 25.0 Å². The Kier molecular flexibility index (Phi) is 16.1. The molecule has 14 heteroatoms. The second-order valence-electron chi connectivity index (χ2n) is 6.81. The van der Waals surface area contributed by atoms with E-state index in [1.807, 2.05) is 12.5 Å². The lowest BCUT2D eigenvalue weighted by Crippen LogP contribution is -2.57. The predicted molar refractivity (Wildman–Crippen MR) is 128 cm³/mol. The van der Waals surface area contributed by atoms with E-state index in [9.17, 15) is 29.1 Å². The molecule has 7 N–H and O–H groups in total. The van der Waals surface area contributed by atoms with Crippen molar-refractivity contribution in [2.45, 2.75) is 49.9 Å². The molecule has 3 amide bonds. The smallest absolute Gasteiger partial charge is 0.326 e. The van der Waals surface area contributed by atoms with Crippen LogP contribution >= 0.6 is 36.2 Å². The molecule has 184 valence electrons. The SMILES string of the molecule is CSCCC(NC(=O)C(CCSC)NC(=O)C(CCC(=O)O)NC(=O)C(N)CS)C(=O)O. The van der Waals surface area contributed by atoms with Crippen molar-refractivity contribution in [3.63, 3.8) is 0 Å². The maximum Gasteiger partial charge on any atom is 0.326 e. The van der Waals surface area contributed by atoms with Crippen molar-refractivity contribution in [2.75, 3.05) is 29.8 Å². The number of thioether (sulfide) groups is 2. The van der Waals surface area contributed by atoms with Crippen LogP contribution in [0.5, 0.6) is 0 Å². The molecule has 0 aliphatic carbocycles. The first-order valence-electron chi connectivity index (χ1n) is 9.77. The number of nitrogens with one attached hydrogen (secondary N) is 3. The summed E-state index contributed by atoms with van der Waals surface area (Å²) in [6.07, 6.45) is 3.44. The third-order valence-corrected chi connectivity index (χ3v) is 5.96. The summed E-state index contributed by atoms with van der Waals surface area (Å²) in [6.45, 7) is 0. The van der Waals surface area contributed by atoms with E-state index in [4.69, 9.17) is 10.8 Å². The van der Waals surface area contributed by atoms with Gasteiger partial charge in [0.1, 0.15) is 18.1 Å². The quantitative estimate of drug-likeness (QED) is 0.121. The average Bonchev–Trinajstić information content (AvgIpc) is 2.75. The minimum absolute atomic E-state index is 0.0183. The highest BCUT2D eigenvalue weighted by Gasteiger charge is 2.30. The van der Waals surface area contributed by atoms with Gasteiger partial charge in [-0.05, 0) is 43.3 Å². The number of rotatable bonds is 17. The van der Waals surface area contributed by atoms with E-state index in [0.29, 0.717) is 11.5 Å². The van der Waals surface area contributed by atoms with Crippen molar-refractivity contribution in [3.05, 3.63) is 0 Å².